The van der Waals surface area contributed by atoms with E-state index in [0.29, 0.717) is 6.54 Å². The van der Waals surface area contributed by atoms with Crippen molar-refractivity contribution in [1.82, 2.24) is 9.55 Å². The molecule has 0 amide bonds. The van der Waals surface area contributed by atoms with Crippen molar-refractivity contribution in [3.8, 4) is 0 Å². The van der Waals surface area contributed by atoms with Gasteiger partial charge in [0.25, 0.3) is 0 Å². The molecule has 2 aromatic rings. The topological polar surface area (TPSA) is 43.8 Å². The van der Waals surface area contributed by atoms with E-state index in [1.54, 1.807) is 12.5 Å². The van der Waals surface area contributed by atoms with Crippen LogP contribution in [0.25, 0.3) is 0 Å². The maximum absolute atomic E-state index is 6.14. The van der Waals surface area contributed by atoms with Gasteiger partial charge in [-0.1, -0.05) is 29.8 Å². The minimum atomic E-state index is -0.405. The van der Waals surface area contributed by atoms with E-state index in [9.17, 15) is 0 Å². The molecule has 2 N–H and O–H groups in total. The smallest absolute Gasteiger partial charge is 0.0951 e. The molecule has 17 heavy (non-hydrogen) atoms. The number of rotatable bonds is 3. The molecule has 1 aromatic heterocycles. The Balaban J connectivity index is 2.32. The van der Waals surface area contributed by atoms with Gasteiger partial charge in [-0.3, -0.25) is 0 Å². The van der Waals surface area contributed by atoms with Crippen molar-refractivity contribution in [2.75, 3.05) is 0 Å². The zero-order valence-electron chi connectivity index (χ0n) is 10.0. The molecule has 1 aromatic carbocycles. The van der Waals surface area contributed by atoms with E-state index in [4.69, 9.17) is 17.3 Å². The maximum Gasteiger partial charge on any atom is 0.0951 e. The van der Waals surface area contributed by atoms with E-state index >= 15 is 0 Å². The second-order valence-electron chi connectivity index (χ2n) is 4.72. The van der Waals surface area contributed by atoms with Crippen LogP contribution >= 0.6 is 11.6 Å². The number of imidazole rings is 1. The normalized spacial score (nSPS) is 11.8. The van der Waals surface area contributed by atoms with Crippen LogP contribution in [0.1, 0.15) is 25.1 Å². The summed E-state index contributed by atoms with van der Waals surface area (Å²) in [5.41, 5.74) is 7.76. The number of nitrogens with zero attached hydrogens (tertiary/aromatic N) is 2. The van der Waals surface area contributed by atoms with Crippen LogP contribution in [0, 0.1) is 0 Å². The summed E-state index contributed by atoms with van der Waals surface area (Å²) in [6.45, 7) is 4.62. The quantitative estimate of drug-likeness (QED) is 0.909. The minimum absolute atomic E-state index is 0.405. The van der Waals surface area contributed by atoms with E-state index in [2.05, 4.69) is 4.98 Å². The molecule has 0 atom stereocenters. The van der Waals surface area contributed by atoms with Crippen molar-refractivity contribution in [3.63, 3.8) is 0 Å². The zero-order chi connectivity index (χ0) is 12.5. The van der Waals surface area contributed by atoms with Gasteiger partial charge in [-0.2, -0.15) is 0 Å². The molecule has 0 radical (unpaired) electrons. The molecule has 0 aliphatic heterocycles. The molecule has 0 aliphatic rings. The Bertz CT molecular complexity index is 511. The van der Waals surface area contributed by atoms with Gasteiger partial charge < -0.3 is 10.3 Å². The minimum Gasteiger partial charge on any atom is -0.328 e. The third-order valence-corrected chi connectivity index (χ3v) is 3.04. The molecular formula is C13H16ClN3. The van der Waals surface area contributed by atoms with Crippen molar-refractivity contribution in [2.45, 2.75) is 25.9 Å². The van der Waals surface area contributed by atoms with Crippen molar-refractivity contribution < 1.29 is 0 Å². The third kappa shape index (κ3) is 2.68. The lowest BCUT2D eigenvalue weighted by molar-refractivity contribution is 0.503. The first-order valence-electron chi connectivity index (χ1n) is 5.51. The average molecular weight is 250 g/mol. The van der Waals surface area contributed by atoms with Gasteiger partial charge in [0.1, 0.15) is 0 Å². The Hall–Kier alpha value is -1.32. The van der Waals surface area contributed by atoms with Gasteiger partial charge in [0.2, 0.25) is 0 Å². The van der Waals surface area contributed by atoms with Crippen molar-refractivity contribution in [1.29, 1.82) is 0 Å². The van der Waals surface area contributed by atoms with E-state index in [1.165, 1.54) is 0 Å². The summed E-state index contributed by atoms with van der Waals surface area (Å²) in [6.07, 6.45) is 3.59. The summed E-state index contributed by atoms with van der Waals surface area (Å²) in [5.74, 6) is 0. The van der Waals surface area contributed by atoms with Crippen molar-refractivity contribution >= 4 is 11.6 Å². The van der Waals surface area contributed by atoms with Gasteiger partial charge >= 0.3 is 0 Å². The van der Waals surface area contributed by atoms with Gasteiger partial charge in [0, 0.05) is 11.2 Å². The van der Waals surface area contributed by atoms with E-state index < -0.39 is 5.54 Å². The highest BCUT2D eigenvalue weighted by Crippen LogP contribution is 2.20. The molecule has 3 nitrogen and oxygen atoms in total. The zero-order valence-corrected chi connectivity index (χ0v) is 10.8. The fourth-order valence-corrected chi connectivity index (χ4v) is 1.99. The molecule has 1 heterocycles. The number of hydrogen-bond donors (Lipinski definition) is 1. The maximum atomic E-state index is 6.14. The number of hydrogen-bond acceptors (Lipinski definition) is 2. The number of nitrogens with two attached hydrogens (primary N) is 1. The number of halogens is 1. The lowest BCUT2D eigenvalue weighted by atomic mass is 10.0. The highest BCUT2D eigenvalue weighted by atomic mass is 35.5. The Morgan fingerprint density at radius 2 is 2.06 bits per heavy atom. The summed E-state index contributed by atoms with van der Waals surface area (Å²) >= 11 is 6.14. The first-order valence-corrected chi connectivity index (χ1v) is 5.89. The fourth-order valence-electron chi connectivity index (χ4n) is 1.79. The molecule has 0 unspecified atom stereocenters. The van der Waals surface area contributed by atoms with Crippen LogP contribution in [-0.4, -0.2) is 9.55 Å². The molecule has 0 fully saturated rings. The summed E-state index contributed by atoms with van der Waals surface area (Å²) in [4.78, 5) is 4.15. The van der Waals surface area contributed by atoms with Crippen LogP contribution in [0.5, 0.6) is 0 Å². The van der Waals surface area contributed by atoms with Crippen LogP contribution in [-0.2, 0) is 12.1 Å². The van der Waals surface area contributed by atoms with E-state index in [-0.39, 0.29) is 0 Å². The first-order chi connectivity index (χ1) is 7.98. The van der Waals surface area contributed by atoms with Gasteiger partial charge in [-0.25, -0.2) is 4.98 Å². The molecule has 0 saturated carbocycles. The van der Waals surface area contributed by atoms with Crippen LogP contribution in [0.3, 0.4) is 0 Å². The monoisotopic (exact) mass is 249 g/mol. The van der Waals surface area contributed by atoms with Crippen LogP contribution in [0.15, 0.2) is 36.8 Å². The lowest BCUT2D eigenvalue weighted by Gasteiger charge is -2.21. The standard InChI is InChI=1S/C13H16ClN3/c1-13(2,15)12-7-16-9-17(12)8-10-5-3-4-6-11(10)14/h3-7,9H,8,15H2,1-2H3. The van der Waals surface area contributed by atoms with Crippen LogP contribution < -0.4 is 5.73 Å². The molecule has 90 valence electrons. The van der Waals surface area contributed by atoms with Crippen molar-refractivity contribution in [3.05, 3.63) is 53.1 Å². The number of aromatic nitrogens is 2. The molecule has 0 saturated heterocycles. The average Bonchev–Trinajstić information content (AvgIpc) is 2.69. The SMILES string of the molecule is CC(C)(N)c1cncn1Cc1ccccc1Cl. The highest BCUT2D eigenvalue weighted by molar-refractivity contribution is 6.31. The molecule has 2 rings (SSSR count). The second kappa shape index (κ2) is 4.51. The van der Waals surface area contributed by atoms with E-state index in [1.807, 2.05) is 42.7 Å². The predicted molar refractivity (Wildman–Crippen MR) is 70.0 cm³/mol. The third-order valence-electron chi connectivity index (χ3n) is 2.67. The summed E-state index contributed by atoms with van der Waals surface area (Å²) in [7, 11) is 0. The Morgan fingerprint density at radius 1 is 1.35 bits per heavy atom. The first kappa shape index (κ1) is 12.1. The largest absolute Gasteiger partial charge is 0.328 e. The Morgan fingerprint density at radius 3 is 2.71 bits per heavy atom. The fraction of sp³-hybridized carbons (Fsp3) is 0.308. The summed E-state index contributed by atoms with van der Waals surface area (Å²) in [6, 6.07) is 7.80. The van der Waals surface area contributed by atoms with Gasteiger partial charge in [0.15, 0.2) is 0 Å². The molecule has 0 spiro atoms. The molecule has 4 heteroatoms. The van der Waals surface area contributed by atoms with Crippen LogP contribution in [0.4, 0.5) is 0 Å². The van der Waals surface area contributed by atoms with E-state index in [0.717, 1.165) is 16.3 Å². The van der Waals surface area contributed by atoms with Crippen molar-refractivity contribution in [2.24, 2.45) is 5.73 Å². The second-order valence-corrected chi connectivity index (χ2v) is 5.13. The highest BCUT2D eigenvalue weighted by Gasteiger charge is 2.19. The molecular weight excluding hydrogens is 234 g/mol. The Kier molecular flexibility index (Phi) is 3.22. The van der Waals surface area contributed by atoms with Gasteiger partial charge in [-0.05, 0) is 25.5 Å². The predicted octanol–water partition coefficient (Wildman–Crippen LogP) is 2.78. The van der Waals surface area contributed by atoms with Gasteiger partial charge in [-0.15, -0.1) is 0 Å². The Labute approximate surface area is 106 Å². The summed E-state index contributed by atoms with van der Waals surface area (Å²) < 4.78 is 2.03. The number of benzene rings is 1. The summed E-state index contributed by atoms with van der Waals surface area (Å²) in [5, 5.41) is 0.766. The molecule has 0 aliphatic carbocycles. The van der Waals surface area contributed by atoms with Gasteiger partial charge in [0.05, 0.1) is 24.1 Å². The van der Waals surface area contributed by atoms with Crippen LogP contribution in [0.2, 0.25) is 5.02 Å². The molecule has 0 bridgehead atoms. The lowest BCUT2D eigenvalue weighted by Crippen LogP contribution is -2.31.